The maximum Gasteiger partial charge on any atom is 0.115 e. The van der Waals surface area contributed by atoms with Crippen molar-refractivity contribution in [2.75, 3.05) is 20.1 Å². The van der Waals surface area contributed by atoms with Crippen molar-refractivity contribution in [3.8, 4) is 5.75 Å². The average molecular weight is 263 g/mol. The van der Waals surface area contributed by atoms with Gasteiger partial charge in [-0.1, -0.05) is 31.9 Å². The molecule has 1 aliphatic rings. The number of phenolic OH excluding ortho intramolecular Hbond substituents is 1. The number of aliphatic hydroxyl groups is 1. The fourth-order valence-corrected chi connectivity index (χ4v) is 3.13. The van der Waals surface area contributed by atoms with Crippen molar-refractivity contribution in [2.45, 2.75) is 38.2 Å². The summed E-state index contributed by atoms with van der Waals surface area (Å²) in [5, 5.41) is 20.8. The molecule has 19 heavy (non-hydrogen) atoms. The SMILES string of the molecule is CCN(C)C[C@H]1CCCC[C@]1(O)c1cccc(O)c1. The summed E-state index contributed by atoms with van der Waals surface area (Å²) in [7, 11) is 2.09. The van der Waals surface area contributed by atoms with Gasteiger partial charge in [-0.05, 0) is 44.1 Å². The van der Waals surface area contributed by atoms with Gasteiger partial charge in [0.1, 0.15) is 5.75 Å². The molecule has 0 aromatic heterocycles. The van der Waals surface area contributed by atoms with Crippen LogP contribution in [0.15, 0.2) is 24.3 Å². The zero-order valence-electron chi connectivity index (χ0n) is 12.0. The topological polar surface area (TPSA) is 43.7 Å². The molecule has 3 nitrogen and oxygen atoms in total. The van der Waals surface area contributed by atoms with Crippen LogP contribution in [0.5, 0.6) is 5.75 Å². The lowest BCUT2D eigenvalue weighted by Crippen LogP contribution is -2.43. The summed E-state index contributed by atoms with van der Waals surface area (Å²) in [6.45, 7) is 4.03. The highest BCUT2D eigenvalue weighted by molar-refractivity contribution is 5.32. The fourth-order valence-electron chi connectivity index (χ4n) is 3.13. The summed E-state index contributed by atoms with van der Waals surface area (Å²) in [4.78, 5) is 2.25. The molecule has 0 spiro atoms. The zero-order chi connectivity index (χ0) is 13.9. The fraction of sp³-hybridized carbons (Fsp3) is 0.625. The van der Waals surface area contributed by atoms with E-state index in [1.807, 2.05) is 12.1 Å². The summed E-state index contributed by atoms with van der Waals surface area (Å²) < 4.78 is 0. The minimum atomic E-state index is -0.791. The van der Waals surface area contributed by atoms with E-state index in [2.05, 4.69) is 18.9 Å². The van der Waals surface area contributed by atoms with Crippen molar-refractivity contribution < 1.29 is 10.2 Å². The van der Waals surface area contributed by atoms with Crippen LogP contribution in [0.4, 0.5) is 0 Å². The van der Waals surface area contributed by atoms with Gasteiger partial charge in [0.25, 0.3) is 0 Å². The van der Waals surface area contributed by atoms with Crippen LogP contribution in [0, 0.1) is 5.92 Å². The molecule has 1 fully saturated rings. The highest BCUT2D eigenvalue weighted by Gasteiger charge is 2.40. The highest BCUT2D eigenvalue weighted by Crippen LogP contribution is 2.42. The van der Waals surface area contributed by atoms with E-state index in [4.69, 9.17) is 0 Å². The summed E-state index contributed by atoms with van der Waals surface area (Å²) in [6.07, 6.45) is 4.08. The quantitative estimate of drug-likeness (QED) is 0.878. The van der Waals surface area contributed by atoms with Gasteiger partial charge in [-0.3, -0.25) is 0 Å². The van der Waals surface area contributed by atoms with E-state index in [9.17, 15) is 10.2 Å². The monoisotopic (exact) mass is 263 g/mol. The third-order valence-electron chi connectivity index (χ3n) is 4.45. The lowest BCUT2D eigenvalue weighted by molar-refractivity contribution is -0.0633. The Bertz CT molecular complexity index is 421. The second kappa shape index (κ2) is 5.93. The Hall–Kier alpha value is -1.06. The van der Waals surface area contributed by atoms with Crippen molar-refractivity contribution in [1.29, 1.82) is 0 Å². The molecule has 0 radical (unpaired) electrons. The first-order valence-corrected chi connectivity index (χ1v) is 7.26. The molecule has 2 atom stereocenters. The first-order valence-electron chi connectivity index (χ1n) is 7.26. The first-order chi connectivity index (χ1) is 9.06. The van der Waals surface area contributed by atoms with Crippen molar-refractivity contribution in [3.63, 3.8) is 0 Å². The zero-order valence-corrected chi connectivity index (χ0v) is 12.0. The van der Waals surface area contributed by atoms with Crippen LogP contribution in [-0.4, -0.2) is 35.3 Å². The van der Waals surface area contributed by atoms with Gasteiger partial charge in [0, 0.05) is 12.5 Å². The molecule has 1 aromatic rings. The average Bonchev–Trinajstić information content (AvgIpc) is 2.41. The Kier molecular flexibility index (Phi) is 4.48. The predicted octanol–water partition coefficient (Wildman–Crippen LogP) is 2.72. The van der Waals surface area contributed by atoms with Crippen LogP contribution in [0.3, 0.4) is 0 Å². The minimum absolute atomic E-state index is 0.235. The molecule has 1 aliphatic carbocycles. The van der Waals surface area contributed by atoms with Gasteiger partial charge in [-0.2, -0.15) is 0 Å². The van der Waals surface area contributed by atoms with Crippen LogP contribution in [0.2, 0.25) is 0 Å². The number of benzene rings is 1. The van der Waals surface area contributed by atoms with E-state index in [0.29, 0.717) is 0 Å². The summed E-state index contributed by atoms with van der Waals surface area (Å²) in [5.74, 6) is 0.479. The number of phenols is 1. The van der Waals surface area contributed by atoms with Crippen LogP contribution < -0.4 is 0 Å². The lowest BCUT2D eigenvalue weighted by Gasteiger charge is -2.42. The Morgan fingerprint density at radius 3 is 2.84 bits per heavy atom. The van der Waals surface area contributed by atoms with Gasteiger partial charge in [0.15, 0.2) is 0 Å². The van der Waals surface area contributed by atoms with Crippen molar-refractivity contribution >= 4 is 0 Å². The number of rotatable bonds is 4. The molecule has 2 rings (SSSR count). The maximum atomic E-state index is 11.1. The summed E-state index contributed by atoms with van der Waals surface area (Å²) in [5.41, 5.74) is 0.0714. The van der Waals surface area contributed by atoms with E-state index in [0.717, 1.165) is 37.9 Å². The van der Waals surface area contributed by atoms with Gasteiger partial charge in [0.2, 0.25) is 0 Å². The largest absolute Gasteiger partial charge is 0.508 e. The van der Waals surface area contributed by atoms with Crippen LogP contribution in [-0.2, 0) is 5.60 Å². The Balaban J connectivity index is 2.26. The molecule has 0 saturated heterocycles. The molecule has 0 aliphatic heterocycles. The van der Waals surface area contributed by atoms with Crippen LogP contribution in [0.1, 0.15) is 38.2 Å². The molecule has 0 amide bonds. The standard InChI is InChI=1S/C16H25NO2/c1-3-17(2)12-14-7-4-5-10-16(14,19)13-8-6-9-15(18)11-13/h6,8-9,11,14,18-19H,3-5,7,10,12H2,1-2H3/t14-,16+/m1/s1. The number of hydrogen-bond acceptors (Lipinski definition) is 3. The third kappa shape index (κ3) is 3.10. The van der Waals surface area contributed by atoms with E-state index in [-0.39, 0.29) is 11.7 Å². The Morgan fingerprint density at radius 1 is 1.37 bits per heavy atom. The smallest absolute Gasteiger partial charge is 0.115 e. The molecule has 0 bridgehead atoms. The molecule has 0 heterocycles. The highest BCUT2D eigenvalue weighted by atomic mass is 16.3. The van der Waals surface area contributed by atoms with Gasteiger partial charge in [0.05, 0.1) is 5.60 Å². The molecule has 0 unspecified atom stereocenters. The van der Waals surface area contributed by atoms with E-state index in [1.165, 1.54) is 6.42 Å². The lowest BCUT2D eigenvalue weighted by atomic mass is 9.71. The second-order valence-electron chi connectivity index (χ2n) is 5.77. The molecule has 106 valence electrons. The van der Waals surface area contributed by atoms with Gasteiger partial charge < -0.3 is 15.1 Å². The molecule has 3 heteroatoms. The second-order valence-corrected chi connectivity index (χ2v) is 5.77. The Morgan fingerprint density at radius 2 is 2.16 bits per heavy atom. The number of hydrogen-bond donors (Lipinski definition) is 2. The van der Waals surface area contributed by atoms with Crippen molar-refractivity contribution in [3.05, 3.63) is 29.8 Å². The van der Waals surface area contributed by atoms with Gasteiger partial charge in [-0.15, -0.1) is 0 Å². The van der Waals surface area contributed by atoms with E-state index >= 15 is 0 Å². The summed E-state index contributed by atoms with van der Waals surface area (Å²) >= 11 is 0. The van der Waals surface area contributed by atoms with E-state index < -0.39 is 5.60 Å². The van der Waals surface area contributed by atoms with Gasteiger partial charge in [-0.25, -0.2) is 0 Å². The van der Waals surface area contributed by atoms with Crippen LogP contribution in [0.25, 0.3) is 0 Å². The van der Waals surface area contributed by atoms with Gasteiger partial charge >= 0.3 is 0 Å². The normalized spacial score (nSPS) is 27.7. The maximum absolute atomic E-state index is 11.1. The minimum Gasteiger partial charge on any atom is -0.508 e. The van der Waals surface area contributed by atoms with Crippen molar-refractivity contribution in [2.24, 2.45) is 5.92 Å². The molecule has 1 saturated carbocycles. The molecular formula is C16H25NO2. The predicted molar refractivity (Wildman–Crippen MR) is 77.1 cm³/mol. The number of nitrogens with zero attached hydrogens (tertiary/aromatic N) is 1. The Labute approximate surface area is 115 Å². The third-order valence-corrected chi connectivity index (χ3v) is 4.45. The number of aromatic hydroxyl groups is 1. The molecule has 2 N–H and O–H groups in total. The first kappa shape index (κ1) is 14.4. The van der Waals surface area contributed by atoms with Crippen LogP contribution >= 0.6 is 0 Å². The molecule has 1 aromatic carbocycles. The molecular weight excluding hydrogens is 238 g/mol. The van der Waals surface area contributed by atoms with E-state index in [1.54, 1.807) is 12.1 Å². The summed E-state index contributed by atoms with van der Waals surface area (Å²) in [6, 6.07) is 7.12. The van der Waals surface area contributed by atoms with Crippen molar-refractivity contribution in [1.82, 2.24) is 4.90 Å².